The molecule has 0 saturated carbocycles. The van der Waals surface area contributed by atoms with Crippen LogP contribution in [-0.2, 0) is 10.2 Å². The van der Waals surface area contributed by atoms with E-state index in [2.05, 4.69) is 4.72 Å². The van der Waals surface area contributed by atoms with Crippen molar-refractivity contribution in [2.75, 3.05) is 17.8 Å². The number of carbonyl (C=O) groups is 1. The molecule has 0 bridgehead atoms. The van der Waals surface area contributed by atoms with E-state index in [1.165, 1.54) is 11.2 Å². The zero-order chi connectivity index (χ0) is 14.6. The Kier molecular flexibility index (Phi) is 4.77. The van der Waals surface area contributed by atoms with E-state index >= 15 is 0 Å². The maximum atomic E-state index is 12.3. The van der Waals surface area contributed by atoms with Crippen LogP contribution in [0, 0.1) is 0 Å². The number of nitrogens with one attached hydrogen (secondary N) is 1. The zero-order valence-corrected chi connectivity index (χ0v) is 12.4. The van der Waals surface area contributed by atoms with Gasteiger partial charge in [-0.1, -0.05) is 12.8 Å². The molecule has 1 fully saturated rings. The average molecular weight is 296 g/mol. The van der Waals surface area contributed by atoms with Crippen LogP contribution in [0.2, 0.25) is 0 Å². The molecule has 20 heavy (non-hydrogen) atoms. The van der Waals surface area contributed by atoms with Crippen molar-refractivity contribution in [1.82, 2.24) is 4.31 Å². The van der Waals surface area contributed by atoms with Crippen molar-refractivity contribution in [3.05, 3.63) is 29.8 Å². The monoisotopic (exact) mass is 296 g/mol. The van der Waals surface area contributed by atoms with Gasteiger partial charge in [0, 0.05) is 24.3 Å². The Hall–Kier alpha value is -1.40. The highest BCUT2D eigenvalue weighted by Crippen LogP contribution is 2.17. The summed E-state index contributed by atoms with van der Waals surface area (Å²) in [4.78, 5) is 11.2. The summed E-state index contributed by atoms with van der Waals surface area (Å²) >= 11 is 0. The molecular weight excluding hydrogens is 276 g/mol. The van der Waals surface area contributed by atoms with Gasteiger partial charge in [-0.05, 0) is 44.0 Å². The number of carbonyl (C=O) groups excluding carboxylic acids is 1. The van der Waals surface area contributed by atoms with E-state index in [9.17, 15) is 13.2 Å². The fourth-order valence-corrected chi connectivity index (χ4v) is 3.57. The van der Waals surface area contributed by atoms with Crippen molar-refractivity contribution < 1.29 is 13.2 Å². The summed E-state index contributed by atoms with van der Waals surface area (Å²) in [7, 11) is -3.49. The van der Waals surface area contributed by atoms with Gasteiger partial charge < -0.3 is 0 Å². The lowest BCUT2D eigenvalue weighted by Crippen LogP contribution is -2.36. The molecule has 0 spiro atoms. The number of hydrogen-bond acceptors (Lipinski definition) is 3. The van der Waals surface area contributed by atoms with Crippen LogP contribution in [0.25, 0.3) is 0 Å². The largest absolute Gasteiger partial charge is 0.301 e. The third-order valence-corrected chi connectivity index (χ3v) is 4.98. The van der Waals surface area contributed by atoms with Gasteiger partial charge in [0.25, 0.3) is 0 Å². The molecule has 0 radical (unpaired) electrons. The molecule has 2 rings (SSSR count). The molecule has 0 aliphatic carbocycles. The van der Waals surface area contributed by atoms with Crippen molar-refractivity contribution in [2.24, 2.45) is 0 Å². The van der Waals surface area contributed by atoms with E-state index < -0.39 is 10.2 Å². The zero-order valence-electron chi connectivity index (χ0n) is 11.6. The third-order valence-electron chi connectivity index (χ3n) is 3.44. The molecule has 0 amide bonds. The summed E-state index contributed by atoms with van der Waals surface area (Å²) in [5.41, 5.74) is 1.06. The van der Waals surface area contributed by atoms with Crippen molar-refractivity contribution in [3.8, 4) is 0 Å². The predicted molar refractivity (Wildman–Crippen MR) is 79.0 cm³/mol. The Morgan fingerprint density at radius 1 is 1.05 bits per heavy atom. The first-order valence-corrected chi connectivity index (χ1v) is 8.32. The second-order valence-corrected chi connectivity index (χ2v) is 6.72. The van der Waals surface area contributed by atoms with Crippen LogP contribution >= 0.6 is 0 Å². The molecule has 0 unspecified atom stereocenters. The lowest BCUT2D eigenvalue weighted by molar-refractivity contribution is 0.101. The Balaban J connectivity index is 2.08. The smallest absolute Gasteiger partial charge is 0.295 e. The van der Waals surface area contributed by atoms with E-state index in [0.29, 0.717) is 24.3 Å². The number of ketones is 1. The van der Waals surface area contributed by atoms with E-state index in [4.69, 9.17) is 0 Å². The first kappa shape index (κ1) is 15.0. The van der Waals surface area contributed by atoms with Gasteiger partial charge in [0.15, 0.2) is 5.78 Å². The Morgan fingerprint density at radius 2 is 1.60 bits per heavy atom. The number of rotatable bonds is 4. The molecule has 0 aromatic heterocycles. The molecular formula is C14H20N2O3S. The van der Waals surface area contributed by atoms with Crippen molar-refractivity contribution in [3.63, 3.8) is 0 Å². The highest BCUT2D eigenvalue weighted by Gasteiger charge is 2.22. The van der Waals surface area contributed by atoms with E-state index in [1.54, 1.807) is 24.3 Å². The fraction of sp³-hybridized carbons (Fsp3) is 0.500. The lowest BCUT2D eigenvalue weighted by Gasteiger charge is -2.20. The third kappa shape index (κ3) is 3.80. The summed E-state index contributed by atoms with van der Waals surface area (Å²) < 4.78 is 28.6. The second kappa shape index (κ2) is 6.37. The molecule has 1 aromatic rings. The van der Waals surface area contributed by atoms with Gasteiger partial charge in [-0.25, -0.2) is 0 Å². The normalized spacial score (nSPS) is 17.4. The van der Waals surface area contributed by atoms with Gasteiger partial charge >= 0.3 is 10.2 Å². The molecule has 1 heterocycles. The van der Waals surface area contributed by atoms with Crippen LogP contribution in [0.4, 0.5) is 5.69 Å². The number of benzene rings is 1. The summed E-state index contributed by atoms with van der Waals surface area (Å²) in [6.07, 6.45) is 3.98. The Bertz CT molecular complexity index is 559. The highest BCUT2D eigenvalue weighted by atomic mass is 32.2. The van der Waals surface area contributed by atoms with Crippen molar-refractivity contribution >= 4 is 21.7 Å². The molecule has 6 heteroatoms. The molecule has 1 saturated heterocycles. The van der Waals surface area contributed by atoms with E-state index in [0.717, 1.165) is 25.7 Å². The standard InChI is InChI=1S/C14H20N2O3S/c1-12(17)13-6-8-14(9-7-13)15-20(18,19)16-10-4-2-3-5-11-16/h6-9,15H,2-5,10-11H2,1H3. The molecule has 1 N–H and O–H groups in total. The van der Waals surface area contributed by atoms with Gasteiger partial charge in [-0.2, -0.15) is 12.7 Å². The summed E-state index contributed by atoms with van der Waals surface area (Å²) in [5.74, 6) is -0.0353. The Morgan fingerprint density at radius 3 is 2.10 bits per heavy atom. The minimum atomic E-state index is -3.49. The van der Waals surface area contributed by atoms with E-state index in [-0.39, 0.29) is 5.78 Å². The van der Waals surface area contributed by atoms with Crippen LogP contribution in [0.1, 0.15) is 43.0 Å². The van der Waals surface area contributed by atoms with Crippen LogP contribution in [0.15, 0.2) is 24.3 Å². The molecule has 1 aromatic carbocycles. The lowest BCUT2D eigenvalue weighted by atomic mass is 10.1. The summed E-state index contributed by atoms with van der Waals surface area (Å²) in [6.45, 7) is 2.62. The minimum absolute atomic E-state index is 0.0353. The molecule has 1 aliphatic heterocycles. The van der Waals surface area contributed by atoms with Crippen LogP contribution in [-0.4, -0.2) is 31.6 Å². The first-order chi connectivity index (χ1) is 9.49. The average Bonchev–Trinajstić information content (AvgIpc) is 2.68. The predicted octanol–water partition coefficient (Wildman–Crippen LogP) is 2.42. The van der Waals surface area contributed by atoms with Gasteiger partial charge in [-0.15, -0.1) is 0 Å². The highest BCUT2D eigenvalue weighted by molar-refractivity contribution is 7.90. The Labute approximate surface area is 120 Å². The topological polar surface area (TPSA) is 66.5 Å². The quantitative estimate of drug-likeness (QED) is 0.868. The van der Waals surface area contributed by atoms with E-state index in [1.807, 2.05) is 0 Å². The number of nitrogens with zero attached hydrogens (tertiary/aromatic N) is 1. The SMILES string of the molecule is CC(=O)c1ccc(NS(=O)(=O)N2CCCCCC2)cc1. The second-order valence-electron chi connectivity index (χ2n) is 5.05. The number of hydrogen-bond donors (Lipinski definition) is 1. The molecule has 1 aliphatic rings. The van der Waals surface area contributed by atoms with Gasteiger partial charge in [-0.3, -0.25) is 9.52 Å². The maximum Gasteiger partial charge on any atom is 0.301 e. The molecule has 0 atom stereocenters. The molecule has 5 nitrogen and oxygen atoms in total. The van der Waals surface area contributed by atoms with Crippen LogP contribution in [0.3, 0.4) is 0 Å². The van der Waals surface area contributed by atoms with Crippen molar-refractivity contribution in [2.45, 2.75) is 32.6 Å². The maximum absolute atomic E-state index is 12.3. The number of Topliss-reactive ketones (excluding diaryl/α,β-unsaturated/α-hetero) is 1. The van der Waals surface area contributed by atoms with Crippen LogP contribution < -0.4 is 4.72 Å². The summed E-state index contributed by atoms with van der Waals surface area (Å²) in [5, 5.41) is 0. The van der Waals surface area contributed by atoms with Gasteiger partial charge in [0.1, 0.15) is 0 Å². The molecule has 110 valence electrons. The first-order valence-electron chi connectivity index (χ1n) is 6.88. The fourth-order valence-electron chi connectivity index (χ4n) is 2.27. The van der Waals surface area contributed by atoms with Gasteiger partial charge in [0.05, 0.1) is 0 Å². The van der Waals surface area contributed by atoms with Crippen molar-refractivity contribution in [1.29, 1.82) is 0 Å². The summed E-state index contributed by atoms with van der Waals surface area (Å²) in [6, 6.07) is 6.49. The minimum Gasteiger partial charge on any atom is -0.295 e. The van der Waals surface area contributed by atoms with Crippen LogP contribution in [0.5, 0.6) is 0 Å². The van der Waals surface area contributed by atoms with Gasteiger partial charge in [0.2, 0.25) is 0 Å². The number of anilines is 1.